The van der Waals surface area contributed by atoms with Gasteiger partial charge in [-0.3, -0.25) is 9.59 Å². The van der Waals surface area contributed by atoms with Crippen LogP contribution in [-0.4, -0.2) is 47.9 Å². The minimum atomic E-state index is -0.800. The van der Waals surface area contributed by atoms with Gasteiger partial charge in [-0.05, 0) is 58.7 Å². The van der Waals surface area contributed by atoms with Gasteiger partial charge in [-0.1, -0.05) is 30.3 Å². The number of carbonyl (C=O) groups excluding carboxylic acids is 2. The van der Waals surface area contributed by atoms with Gasteiger partial charge in [0.2, 0.25) is 0 Å². The molecule has 0 aliphatic carbocycles. The quantitative estimate of drug-likeness (QED) is 0.330. The van der Waals surface area contributed by atoms with Crippen LogP contribution >= 0.6 is 0 Å². The van der Waals surface area contributed by atoms with Crippen molar-refractivity contribution in [3.05, 3.63) is 35.9 Å². The third kappa shape index (κ3) is 13.5. The summed E-state index contributed by atoms with van der Waals surface area (Å²) in [5.41, 5.74) is 0.275. The highest BCUT2D eigenvalue weighted by Gasteiger charge is 2.22. The fourth-order valence-electron chi connectivity index (χ4n) is 2.67. The van der Waals surface area contributed by atoms with E-state index in [1.54, 1.807) is 20.8 Å². The van der Waals surface area contributed by atoms with E-state index in [-0.39, 0.29) is 19.4 Å². The van der Waals surface area contributed by atoms with Crippen LogP contribution < -0.4 is 10.6 Å². The molecule has 0 aliphatic heterocycles. The fourth-order valence-corrected chi connectivity index (χ4v) is 2.67. The number of carbonyl (C=O) groups is 3. The van der Waals surface area contributed by atoms with E-state index in [4.69, 9.17) is 14.6 Å². The third-order valence-electron chi connectivity index (χ3n) is 4.03. The van der Waals surface area contributed by atoms with Gasteiger partial charge in [0.25, 0.3) is 0 Å². The molecule has 3 N–H and O–H groups in total. The summed E-state index contributed by atoms with van der Waals surface area (Å²) in [6.07, 6.45) is 1.46. The Bertz CT molecular complexity index is 657. The molecular weight excluding hydrogens is 388 g/mol. The second kappa shape index (κ2) is 13.6. The molecule has 1 atom stereocenters. The molecular formula is C22H34N2O6. The molecule has 0 saturated carbocycles. The lowest BCUT2D eigenvalue weighted by Gasteiger charge is -2.23. The van der Waals surface area contributed by atoms with Crippen molar-refractivity contribution in [2.45, 2.75) is 71.1 Å². The monoisotopic (exact) mass is 422 g/mol. The Morgan fingerprint density at radius 3 is 2.40 bits per heavy atom. The van der Waals surface area contributed by atoms with E-state index in [0.29, 0.717) is 25.9 Å². The summed E-state index contributed by atoms with van der Waals surface area (Å²) < 4.78 is 10.6. The van der Waals surface area contributed by atoms with Crippen LogP contribution in [0.4, 0.5) is 4.79 Å². The number of unbranched alkanes of at least 4 members (excludes halogenated alkanes) is 1. The molecule has 1 amide bonds. The minimum absolute atomic E-state index is 0.0401. The van der Waals surface area contributed by atoms with Crippen molar-refractivity contribution in [2.24, 2.45) is 0 Å². The van der Waals surface area contributed by atoms with E-state index in [1.165, 1.54) is 0 Å². The molecule has 0 aliphatic rings. The molecule has 30 heavy (non-hydrogen) atoms. The van der Waals surface area contributed by atoms with Crippen molar-refractivity contribution < 1.29 is 29.0 Å². The molecule has 1 aromatic carbocycles. The van der Waals surface area contributed by atoms with Gasteiger partial charge in [0.15, 0.2) is 0 Å². The Morgan fingerprint density at radius 1 is 1.07 bits per heavy atom. The zero-order chi connectivity index (χ0) is 22.4. The average molecular weight is 423 g/mol. The van der Waals surface area contributed by atoms with Gasteiger partial charge in [-0.15, -0.1) is 0 Å². The van der Waals surface area contributed by atoms with E-state index in [1.807, 2.05) is 30.3 Å². The van der Waals surface area contributed by atoms with Gasteiger partial charge in [0, 0.05) is 12.5 Å². The lowest BCUT2D eigenvalue weighted by atomic mass is 10.1. The third-order valence-corrected chi connectivity index (χ3v) is 4.03. The van der Waals surface area contributed by atoms with Gasteiger partial charge in [-0.2, -0.15) is 0 Å². The smallest absolute Gasteiger partial charge is 0.407 e. The lowest BCUT2D eigenvalue weighted by Crippen LogP contribution is -2.40. The second-order valence-electron chi connectivity index (χ2n) is 8.08. The first-order valence-corrected chi connectivity index (χ1v) is 10.3. The van der Waals surface area contributed by atoms with E-state index in [2.05, 4.69) is 10.6 Å². The fraction of sp³-hybridized carbons (Fsp3) is 0.591. The number of aliphatic carboxylic acids is 1. The Kier molecular flexibility index (Phi) is 11.5. The summed E-state index contributed by atoms with van der Waals surface area (Å²) in [6.45, 7) is 6.76. The molecule has 168 valence electrons. The number of nitrogens with one attached hydrogen (secondary N) is 2. The molecule has 1 unspecified atom stereocenters. The van der Waals surface area contributed by atoms with Crippen LogP contribution in [0.2, 0.25) is 0 Å². The standard InChI is InChI=1S/C22H34N2O6/c1-22(2,3)30-20(27)15-18(12-14-23-13-8-7-11-19(25)26)24-21(28)29-16-17-9-5-4-6-10-17/h4-6,9-10,18,23H,7-8,11-16H2,1-3H3,(H,24,28)(H,25,26). The normalized spacial score (nSPS) is 12.1. The predicted octanol–water partition coefficient (Wildman–Crippen LogP) is 3.25. The SMILES string of the molecule is CC(C)(C)OC(=O)CC(CCNCCCCC(=O)O)NC(=O)OCc1ccccc1. The van der Waals surface area contributed by atoms with Crippen LogP contribution in [0.5, 0.6) is 0 Å². The maximum Gasteiger partial charge on any atom is 0.407 e. The Morgan fingerprint density at radius 2 is 1.77 bits per heavy atom. The number of ether oxygens (including phenoxy) is 2. The zero-order valence-corrected chi connectivity index (χ0v) is 18.1. The Labute approximate surface area is 178 Å². The molecule has 0 aromatic heterocycles. The molecule has 0 spiro atoms. The highest BCUT2D eigenvalue weighted by Crippen LogP contribution is 2.11. The second-order valence-corrected chi connectivity index (χ2v) is 8.08. The van der Waals surface area contributed by atoms with Crippen LogP contribution in [-0.2, 0) is 25.7 Å². The molecule has 8 nitrogen and oxygen atoms in total. The van der Waals surface area contributed by atoms with Gasteiger partial charge in [0.05, 0.1) is 6.42 Å². The largest absolute Gasteiger partial charge is 0.481 e. The van der Waals surface area contributed by atoms with Gasteiger partial charge < -0.3 is 25.2 Å². The molecule has 0 heterocycles. The van der Waals surface area contributed by atoms with Crippen LogP contribution in [0.3, 0.4) is 0 Å². The first kappa shape index (κ1) is 25.4. The number of hydrogen-bond donors (Lipinski definition) is 3. The maximum absolute atomic E-state index is 12.2. The van der Waals surface area contributed by atoms with E-state index >= 15 is 0 Å². The maximum atomic E-state index is 12.2. The summed E-state index contributed by atoms with van der Waals surface area (Å²) >= 11 is 0. The molecule has 0 radical (unpaired) electrons. The van der Waals surface area contributed by atoms with Crippen molar-refractivity contribution in [1.82, 2.24) is 10.6 Å². The number of rotatable bonds is 13. The van der Waals surface area contributed by atoms with Crippen LogP contribution in [0.1, 0.15) is 58.4 Å². The average Bonchev–Trinajstić information content (AvgIpc) is 2.64. The molecule has 0 saturated heterocycles. The molecule has 8 heteroatoms. The minimum Gasteiger partial charge on any atom is -0.481 e. The van der Waals surface area contributed by atoms with Crippen molar-refractivity contribution in [3.8, 4) is 0 Å². The van der Waals surface area contributed by atoms with Crippen molar-refractivity contribution in [1.29, 1.82) is 0 Å². The summed E-state index contributed by atoms with van der Waals surface area (Å²) in [4.78, 5) is 34.9. The number of benzene rings is 1. The Hall–Kier alpha value is -2.61. The highest BCUT2D eigenvalue weighted by molar-refractivity contribution is 5.73. The predicted molar refractivity (Wildman–Crippen MR) is 113 cm³/mol. The summed E-state index contributed by atoms with van der Waals surface area (Å²) in [6, 6.07) is 8.90. The van der Waals surface area contributed by atoms with Crippen molar-refractivity contribution in [3.63, 3.8) is 0 Å². The van der Waals surface area contributed by atoms with E-state index in [9.17, 15) is 14.4 Å². The molecule has 1 aromatic rings. The topological polar surface area (TPSA) is 114 Å². The van der Waals surface area contributed by atoms with E-state index in [0.717, 1.165) is 12.0 Å². The molecule has 0 fully saturated rings. The lowest BCUT2D eigenvalue weighted by molar-refractivity contribution is -0.155. The summed E-state index contributed by atoms with van der Waals surface area (Å²) in [5, 5.41) is 14.6. The number of esters is 1. The van der Waals surface area contributed by atoms with Gasteiger partial charge in [-0.25, -0.2) is 4.79 Å². The number of amides is 1. The zero-order valence-electron chi connectivity index (χ0n) is 18.1. The van der Waals surface area contributed by atoms with Crippen molar-refractivity contribution in [2.75, 3.05) is 13.1 Å². The van der Waals surface area contributed by atoms with Crippen LogP contribution in [0.25, 0.3) is 0 Å². The number of alkyl carbamates (subject to hydrolysis) is 1. The van der Waals surface area contributed by atoms with E-state index < -0.39 is 29.7 Å². The van der Waals surface area contributed by atoms with Crippen molar-refractivity contribution >= 4 is 18.0 Å². The number of carboxylic acids is 1. The Balaban J connectivity index is 2.45. The van der Waals surface area contributed by atoms with Crippen LogP contribution in [0, 0.1) is 0 Å². The van der Waals surface area contributed by atoms with Gasteiger partial charge in [0.1, 0.15) is 12.2 Å². The summed E-state index contributed by atoms with van der Waals surface area (Å²) in [5.74, 6) is -1.19. The van der Waals surface area contributed by atoms with Crippen LogP contribution in [0.15, 0.2) is 30.3 Å². The number of carboxylic acid groups (broad SMARTS) is 1. The highest BCUT2D eigenvalue weighted by atomic mass is 16.6. The summed E-state index contributed by atoms with van der Waals surface area (Å²) in [7, 11) is 0. The first-order valence-electron chi connectivity index (χ1n) is 10.3. The molecule has 1 rings (SSSR count). The van der Waals surface area contributed by atoms with Gasteiger partial charge >= 0.3 is 18.0 Å². The first-order chi connectivity index (χ1) is 14.2. The molecule has 0 bridgehead atoms. The number of hydrogen-bond acceptors (Lipinski definition) is 6.